The van der Waals surface area contributed by atoms with Gasteiger partial charge >= 0.3 is 6.61 Å². The first kappa shape index (κ1) is 23.5. The normalized spacial score (nSPS) is 11.6. The summed E-state index contributed by atoms with van der Waals surface area (Å²) < 4.78 is 42.8. The third kappa shape index (κ3) is 6.42. The zero-order valence-electron chi connectivity index (χ0n) is 17.1. The molecule has 0 saturated carbocycles. The quantitative estimate of drug-likeness (QED) is 0.291. The van der Waals surface area contributed by atoms with Crippen LogP contribution >= 0.6 is 27.5 Å². The van der Waals surface area contributed by atoms with Crippen LogP contribution in [-0.2, 0) is 16.8 Å². The van der Waals surface area contributed by atoms with Crippen LogP contribution in [0.25, 0.3) is 0 Å². The first-order valence-corrected chi connectivity index (χ1v) is 10.8. The number of hydrogen-bond donors (Lipinski definition) is 0. The molecule has 0 aliphatic rings. The van der Waals surface area contributed by atoms with Crippen molar-refractivity contribution in [3.8, 4) is 17.2 Å². The summed E-state index contributed by atoms with van der Waals surface area (Å²) >= 11 is 9.45. The average molecular weight is 512 g/mol. The summed E-state index contributed by atoms with van der Waals surface area (Å²) in [6, 6.07) is 20.5. The standard InChI is InChI=1S/C24H22BrClF2O3/c1-24(2,19-11-12-20(25)21(26)22(19)31-23(27)28)15-29-14-16-7-6-10-18(13-16)30-17-8-4-3-5-9-17/h3-13,23H,14-15H2,1-2H3. The van der Waals surface area contributed by atoms with Gasteiger partial charge in [-0.25, -0.2) is 0 Å². The van der Waals surface area contributed by atoms with Crippen molar-refractivity contribution in [2.75, 3.05) is 6.61 Å². The van der Waals surface area contributed by atoms with Crippen molar-refractivity contribution in [3.05, 3.63) is 87.4 Å². The minimum atomic E-state index is -2.98. The molecule has 3 aromatic rings. The van der Waals surface area contributed by atoms with Crippen molar-refractivity contribution in [1.29, 1.82) is 0 Å². The molecule has 0 radical (unpaired) electrons. The monoisotopic (exact) mass is 510 g/mol. The molecule has 0 atom stereocenters. The molecule has 0 aliphatic carbocycles. The number of halogens is 4. The van der Waals surface area contributed by atoms with Crippen LogP contribution in [0.2, 0.25) is 5.02 Å². The summed E-state index contributed by atoms with van der Waals surface area (Å²) in [5.41, 5.74) is 0.858. The van der Waals surface area contributed by atoms with Crippen LogP contribution in [0.15, 0.2) is 71.2 Å². The smallest absolute Gasteiger partial charge is 0.387 e. The fourth-order valence-corrected chi connectivity index (χ4v) is 3.62. The summed E-state index contributed by atoms with van der Waals surface area (Å²) in [6.45, 7) is 1.41. The molecule has 3 nitrogen and oxygen atoms in total. The average Bonchev–Trinajstić information content (AvgIpc) is 2.72. The van der Waals surface area contributed by atoms with E-state index in [1.54, 1.807) is 12.1 Å². The maximum atomic E-state index is 12.9. The lowest BCUT2D eigenvalue weighted by molar-refractivity contribution is -0.0514. The summed E-state index contributed by atoms with van der Waals surface area (Å²) in [7, 11) is 0. The Morgan fingerprint density at radius 2 is 1.68 bits per heavy atom. The number of alkyl halides is 2. The largest absolute Gasteiger partial charge is 0.457 e. The fraction of sp³-hybridized carbons (Fsp3) is 0.250. The zero-order chi connectivity index (χ0) is 22.4. The van der Waals surface area contributed by atoms with Crippen molar-refractivity contribution in [3.63, 3.8) is 0 Å². The molecule has 0 saturated heterocycles. The van der Waals surface area contributed by atoms with Gasteiger partial charge in [-0.2, -0.15) is 8.78 Å². The molecular formula is C24H22BrClF2O3. The topological polar surface area (TPSA) is 27.7 Å². The lowest BCUT2D eigenvalue weighted by Gasteiger charge is -2.28. The lowest BCUT2D eigenvalue weighted by atomic mass is 9.85. The zero-order valence-corrected chi connectivity index (χ0v) is 19.4. The molecule has 3 rings (SSSR count). The van der Waals surface area contributed by atoms with Gasteiger partial charge in [0.25, 0.3) is 0 Å². The highest BCUT2D eigenvalue weighted by molar-refractivity contribution is 9.10. The Hall–Kier alpha value is -2.15. The van der Waals surface area contributed by atoms with Crippen LogP contribution in [0.5, 0.6) is 17.2 Å². The number of ether oxygens (including phenoxy) is 3. The Kier molecular flexibility index (Phi) is 7.92. The molecule has 0 N–H and O–H groups in total. The van der Waals surface area contributed by atoms with Crippen molar-refractivity contribution >= 4 is 27.5 Å². The Morgan fingerprint density at radius 1 is 0.968 bits per heavy atom. The SMILES string of the molecule is CC(C)(COCc1cccc(Oc2ccccc2)c1)c1ccc(Br)c(Cl)c1OC(F)F. The van der Waals surface area contributed by atoms with E-state index in [0.29, 0.717) is 22.4 Å². The van der Waals surface area contributed by atoms with E-state index < -0.39 is 12.0 Å². The predicted octanol–water partition coefficient (Wildman–Crippen LogP) is 7.99. The molecule has 0 aromatic heterocycles. The summed E-state index contributed by atoms with van der Waals surface area (Å²) in [5.74, 6) is 1.41. The Labute approximate surface area is 194 Å². The van der Waals surface area contributed by atoms with Crippen LogP contribution < -0.4 is 9.47 Å². The Bertz CT molecular complexity index is 1010. The molecule has 0 heterocycles. The van der Waals surface area contributed by atoms with Crippen molar-refractivity contribution in [2.24, 2.45) is 0 Å². The van der Waals surface area contributed by atoms with E-state index >= 15 is 0 Å². The minimum absolute atomic E-state index is 0.0436. The second kappa shape index (κ2) is 10.4. The molecular weight excluding hydrogens is 490 g/mol. The molecule has 164 valence electrons. The molecule has 31 heavy (non-hydrogen) atoms. The van der Waals surface area contributed by atoms with Crippen molar-refractivity contribution in [2.45, 2.75) is 32.5 Å². The van der Waals surface area contributed by atoms with Gasteiger partial charge in [-0.15, -0.1) is 0 Å². The van der Waals surface area contributed by atoms with E-state index in [-0.39, 0.29) is 17.4 Å². The molecule has 3 aromatic carbocycles. The highest BCUT2D eigenvalue weighted by Gasteiger charge is 2.28. The molecule has 0 bridgehead atoms. The van der Waals surface area contributed by atoms with E-state index in [1.807, 2.05) is 68.4 Å². The first-order valence-electron chi connectivity index (χ1n) is 9.59. The summed E-state index contributed by atoms with van der Waals surface area (Å²) in [5, 5.41) is 0.108. The van der Waals surface area contributed by atoms with E-state index in [9.17, 15) is 8.78 Å². The van der Waals surface area contributed by atoms with E-state index in [0.717, 1.165) is 11.3 Å². The lowest BCUT2D eigenvalue weighted by Crippen LogP contribution is -2.26. The predicted molar refractivity (Wildman–Crippen MR) is 121 cm³/mol. The maximum absolute atomic E-state index is 12.9. The van der Waals surface area contributed by atoms with Crippen molar-refractivity contribution in [1.82, 2.24) is 0 Å². The highest BCUT2D eigenvalue weighted by Crippen LogP contribution is 2.42. The highest BCUT2D eigenvalue weighted by atomic mass is 79.9. The number of rotatable bonds is 9. The van der Waals surface area contributed by atoms with E-state index in [1.165, 1.54) is 0 Å². The van der Waals surface area contributed by atoms with Crippen LogP contribution in [0.3, 0.4) is 0 Å². The van der Waals surface area contributed by atoms with E-state index in [2.05, 4.69) is 15.9 Å². The molecule has 7 heteroatoms. The minimum Gasteiger partial charge on any atom is -0.457 e. The molecule has 0 unspecified atom stereocenters. The first-order chi connectivity index (χ1) is 14.8. The number of hydrogen-bond acceptors (Lipinski definition) is 3. The van der Waals surface area contributed by atoms with Crippen molar-refractivity contribution < 1.29 is 23.0 Å². The van der Waals surface area contributed by atoms with Gasteiger partial charge in [-0.05, 0) is 51.8 Å². The second-order valence-electron chi connectivity index (χ2n) is 7.56. The van der Waals surface area contributed by atoms with Crippen LogP contribution in [0.1, 0.15) is 25.0 Å². The van der Waals surface area contributed by atoms with Crippen LogP contribution in [0, 0.1) is 0 Å². The van der Waals surface area contributed by atoms with Gasteiger partial charge in [0.1, 0.15) is 17.2 Å². The number of para-hydroxylation sites is 1. The molecule has 0 aliphatic heterocycles. The Morgan fingerprint density at radius 3 is 2.39 bits per heavy atom. The van der Waals surface area contributed by atoms with E-state index in [4.69, 9.17) is 25.8 Å². The second-order valence-corrected chi connectivity index (χ2v) is 8.79. The Balaban J connectivity index is 1.68. The van der Waals surface area contributed by atoms with Gasteiger partial charge in [0.05, 0.1) is 18.2 Å². The summed E-state index contributed by atoms with van der Waals surface area (Å²) in [6.07, 6.45) is 0. The van der Waals surface area contributed by atoms with Gasteiger partial charge in [-0.1, -0.05) is 61.8 Å². The molecule has 0 fully saturated rings. The third-order valence-corrected chi connectivity index (χ3v) is 5.86. The van der Waals surface area contributed by atoms with Gasteiger partial charge in [0.2, 0.25) is 0 Å². The van der Waals surface area contributed by atoms with Crippen LogP contribution in [-0.4, -0.2) is 13.2 Å². The van der Waals surface area contributed by atoms with Crippen LogP contribution in [0.4, 0.5) is 8.78 Å². The molecule has 0 spiro atoms. The fourth-order valence-electron chi connectivity index (χ4n) is 3.09. The van der Waals surface area contributed by atoms with Gasteiger partial charge in [0, 0.05) is 15.5 Å². The number of benzene rings is 3. The van der Waals surface area contributed by atoms with Gasteiger partial charge in [-0.3, -0.25) is 0 Å². The van der Waals surface area contributed by atoms with Gasteiger partial charge in [0.15, 0.2) is 0 Å². The maximum Gasteiger partial charge on any atom is 0.387 e. The molecule has 0 amide bonds. The third-order valence-electron chi connectivity index (χ3n) is 4.60. The van der Waals surface area contributed by atoms with Gasteiger partial charge < -0.3 is 14.2 Å². The summed E-state index contributed by atoms with van der Waals surface area (Å²) in [4.78, 5) is 0.